The molecule has 1 heterocycles. The Morgan fingerprint density at radius 1 is 1.25 bits per heavy atom. The maximum absolute atomic E-state index is 13.8. The molecule has 0 aromatic heterocycles. The van der Waals surface area contributed by atoms with Crippen LogP contribution in [0, 0.1) is 17.6 Å². The molecule has 0 saturated heterocycles. The lowest BCUT2D eigenvalue weighted by Gasteiger charge is -2.32. The monoisotopic (exact) mass is 360 g/mol. The molecule has 0 spiro atoms. The smallest absolute Gasteiger partial charge is 0.161 e. The number of halogens is 3. The summed E-state index contributed by atoms with van der Waals surface area (Å²) >= 11 is 4.81. The fourth-order valence-electron chi connectivity index (χ4n) is 2.76. The van der Waals surface area contributed by atoms with Crippen molar-refractivity contribution >= 4 is 38.5 Å². The van der Waals surface area contributed by atoms with Gasteiger partial charge in [-0.2, -0.15) is 0 Å². The first-order valence-corrected chi connectivity index (χ1v) is 8.53. The Hall–Kier alpha value is -0.620. The molecule has 0 bridgehead atoms. The van der Waals surface area contributed by atoms with Gasteiger partial charge in [-0.3, -0.25) is 4.99 Å². The summed E-state index contributed by atoms with van der Waals surface area (Å²) in [6, 6.07) is 2.49. The zero-order chi connectivity index (χ0) is 14.1. The molecular weight excluding hydrogens is 346 g/mol. The highest BCUT2D eigenvalue weighted by Gasteiger charge is 2.29. The molecule has 108 valence electrons. The maximum Gasteiger partial charge on any atom is 0.161 e. The van der Waals surface area contributed by atoms with Crippen molar-refractivity contribution in [2.24, 2.45) is 10.9 Å². The van der Waals surface area contributed by atoms with Crippen LogP contribution in [0.25, 0.3) is 0 Å². The van der Waals surface area contributed by atoms with E-state index in [-0.39, 0.29) is 5.69 Å². The molecule has 0 radical (unpaired) electrons. The Kier molecular flexibility index (Phi) is 4.31. The predicted octanol–water partition coefficient (Wildman–Crippen LogP) is 4.80. The van der Waals surface area contributed by atoms with Crippen molar-refractivity contribution in [1.29, 1.82) is 0 Å². The van der Waals surface area contributed by atoms with Crippen molar-refractivity contribution in [3.63, 3.8) is 0 Å². The van der Waals surface area contributed by atoms with Crippen molar-refractivity contribution in [1.82, 2.24) is 0 Å². The fourth-order valence-corrected chi connectivity index (χ4v) is 4.42. The lowest BCUT2D eigenvalue weighted by atomic mass is 9.86. The van der Waals surface area contributed by atoms with Crippen LogP contribution < -0.4 is 5.32 Å². The second kappa shape index (κ2) is 6.02. The van der Waals surface area contributed by atoms with Crippen LogP contribution in [0.15, 0.2) is 21.6 Å². The van der Waals surface area contributed by atoms with E-state index in [9.17, 15) is 8.78 Å². The Morgan fingerprint density at radius 2 is 2.05 bits per heavy atom. The number of thioether (sulfide) groups is 1. The van der Waals surface area contributed by atoms with Gasteiger partial charge in [0.15, 0.2) is 11.0 Å². The van der Waals surface area contributed by atoms with Gasteiger partial charge < -0.3 is 5.32 Å². The Balaban J connectivity index is 1.80. The molecule has 20 heavy (non-hydrogen) atoms. The summed E-state index contributed by atoms with van der Waals surface area (Å²) in [5.41, 5.74) is 0.256. The molecule has 1 aliphatic carbocycles. The van der Waals surface area contributed by atoms with Gasteiger partial charge in [-0.15, -0.1) is 0 Å². The second-order valence-corrected chi connectivity index (χ2v) is 7.09. The van der Waals surface area contributed by atoms with Crippen molar-refractivity contribution < 1.29 is 8.78 Å². The third-order valence-electron chi connectivity index (χ3n) is 3.82. The third kappa shape index (κ3) is 3.01. The van der Waals surface area contributed by atoms with Crippen molar-refractivity contribution in [3.05, 3.63) is 28.2 Å². The maximum atomic E-state index is 13.8. The molecule has 1 fully saturated rings. The minimum absolute atomic E-state index is 0.256. The second-order valence-electron chi connectivity index (χ2n) is 5.23. The first-order chi connectivity index (χ1) is 9.63. The Morgan fingerprint density at radius 3 is 2.85 bits per heavy atom. The first-order valence-electron chi connectivity index (χ1n) is 6.75. The van der Waals surface area contributed by atoms with E-state index in [1.165, 1.54) is 25.3 Å². The summed E-state index contributed by atoms with van der Waals surface area (Å²) < 4.78 is 27.3. The molecule has 1 N–H and O–H groups in total. The number of amidine groups is 1. The van der Waals surface area contributed by atoms with Gasteiger partial charge in [0.05, 0.1) is 11.7 Å². The number of nitrogens with zero attached hydrogens (tertiary/aromatic N) is 1. The largest absolute Gasteiger partial charge is 0.332 e. The zero-order valence-electron chi connectivity index (χ0n) is 10.8. The van der Waals surface area contributed by atoms with Crippen LogP contribution in [0.5, 0.6) is 0 Å². The molecule has 1 saturated carbocycles. The summed E-state index contributed by atoms with van der Waals surface area (Å²) in [4.78, 5) is 4.69. The minimum atomic E-state index is -0.606. The third-order valence-corrected chi connectivity index (χ3v) is 5.53. The number of hydrogen-bond acceptors (Lipinski definition) is 3. The minimum Gasteiger partial charge on any atom is -0.332 e. The van der Waals surface area contributed by atoms with E-state index in [4.69, 9.17) is 4.99 Å². The quantitative estimate of drug-likeness (QED) is 0.777. The first kappa shape index (κ1) is 14.3. The molecule has 6 heteroatoms. The Labute approximate surface area is 129 Å². The molecule has 0 amide bonds. The molecule has 1 aromatic carbocycles. The van der Waals surface area contributed by atoms with Crippen LogP contribution in [-0.4, -0.2) is 17.0 Å². The number of fused-ring (bicyclic) bond motifs is 1. The summed E-state index contributed by atoms with van der Waals surface area (Å²) in [7, 11) is 0. The van der Waals surface area contributed by atoms with E-state index < -0.39 is 11.6 Å². The number of hydrogen-bond donors (Lipinski definition) is 1. The van der Waals surface area contributed by atoms with Gasteiger partial charge in [-0.05, 0) is 40.8 Å². The van der Waals surface area contributed by atoms with Crippen LogP contribution in [0.1, 0.15) is 25.7 Å². The molecule has 2 unspecified atom stereocenters. The van der Waals surface area contributed by atoms with Gasteiger partial charge in [0.2, 0.25) is 0 Å². The summed E-state index contributed by atoms with van der Waals surface area (Å²) in [5, 5.41) is 3.74. The van der Waals surface area contributed by atoms with Crippen molar-refractivity contribution in [2.75, 3.05) is 11.1 Å². The molecular formula is C14H15BrF2N2S. The SMILES string of the molecule is Fc1cc(F)c(NC2=NC3CCCCC3CS2)c(Br)c1. The topological polar surface area (TPSA) is 24.4 Å². The summed E-state index contributed by atoms with van der Waals surface area (Å²) in [6.45, 7) is 0. The number of benzene rings is 1. The number of nitrogens with one attached hydrogen (secondary N) is 1. The highest BCUT2D eigenvalue weighted by molar-refractivity contribution is 9.10. The molecule has 2 aliphatic rings. The Bertz CT molecular complexity index is 527. The van der Waals surface area contributed by atoms with Crippen LogP contribution >= 0.6 is 27.7 Å². The van der Waals surface area contributed by atoms with Crippen LogP contribution in [0.3, 0.4) is 0 Å². The number of rotatable bonds is 1. The summed E-state index contributed by atoms with van der Waals surface area (Å²) in [5.74, 6) is 0.481. The van der Waals surface area contributed by atoms with E-state index in [1.54, 1.807) is 11.8 Å². The van der Waals surface area contributed by atoms with Gasteiger partial charge >= 0.3 is 0 Å². The van der Waals surface area contributed by atoms with E-state index in [2.05, 4.69) is 21.2 Å². The number of aliphatic imine (C=N–C) groups is 1. The predicted molar refractivity (Wildman–Crippen MR) is 83.3 cm³/mol. The van der Waals surface area contributed by atoms with Gasteiger partial charge in [0.25, 0.3) is 0 Å². The van der Waals surface area contributed by atoms with Crippen molar-refractivity contribution in [2.45, 2.75) is 31.7 Å². The van der Waals surface area contributed by atoms with E-state index in [0.717, 1.165) is 23.4 Å². The molecule has 2 atom stereocenters. The normalized spacial score (nSPS) is 25.9. The van der Waals surface area contributed by atoms with E-state index in [0.29, 0.717) is 16.4 Å². The highest BCUT2D eigenvalue weighted by Crippen LogP contribution is 2.35. The van der Waals surface area contributed by atoms with Crippen molar-refractivity contribution in [3.8, 4) is 0 Å². The standard InChI is InChI=1S/C14H15BrF2N2S/c15-10-5-9(16)6-11(17)13(10)19-14-18-12-4-2-1-3-8(12)7-20-14/h5-6,8,12H,1-4,7H2,(H,18,19). The van der Waals surface area contributed by atoms with Gasteiger partial charge in [-0.25, -0.2) is 8.78 Å². The van der Waals surface area contributed by atoms with Gasteiger partial charge in [0, 0.05) is 16.3 Å². The summed E-state index contributed by atoms with van der Waals surface area (Å²) in [6.07, 6.45) is 4.86. The lowest BCUT2D eigenvalue weighted by Crippen LogP contribution is -2.32. The number of anilines is 1. The molecule has 1 aromatic rings. The molecule has 1 aliphatic heterocycles. The van der Waals surface area contributed by atoms with Crippen LogP contribution in [-0.2, 0) is 0 Å². The van der Waals surface area contributed by atoms with E-state index in [1.807, 2.05) is 0 Å². The van der Waals surface area contributed by atoms with E-state index >= 15 is 0 Å². The van der Waals surface area contributed by atoms with Crippen LogP contribution in [0.2, 0.25) is 0 Å². The molecule has 3 rings (SSSR count). The fraction of sp³-hybridized carbons (Fsp3) is 0.500. The lowest BCUT2D eigenvalue weighted by molar-refractivity contribution is 0.336. The zero-order valence-corrected chi connectivity index (χ0v) is 13.2. The van der Waals surface area contributed by atoms with Crippen LogP contribution in [0.4, 0.5) is 14.5 Å². The van der Waals surface area contributed by atoms with Gasteiger partial charge in [-0.1, -0.05) is 24.6 Å². The average molecular weight is 361 g/mol. The average Bonchev–Trinajstić information content (AvgIpc) is 2.42. The molecule has 2 nitrogen and oxygen atoms in total. The highest BCUT2D eigenvalue weighted by atomic mass is 79.9. The van der Waals surface area contributed by atoms with Gasteiger partial charge in [0.1, 0.15) is 5.82 Å².